The molecule has 0 spiro atoms. The van der Waals surface area contributed by atoms with Gasteiger partial charge in [-0.15, -0.1) is 0 Å². The van der Waals surface area contributed by atoms with Crippen molar-refractivity contribution in [1.29, 1.82) is 0 Å². The van der Waals surface area contributed by atoms with Crippen molar-refractivity contribution < 1.29 is 0 Å². The Morgan fingerprint density at radius 1 is 0.302 bits per heavy atom. The molecule has 0 N–H and O–H groups in total. The Balaban J connectivity index is 1.03. The molecule has 10 rings (SSSR count). The molecule has 0 unspecified atom stereocenters. The van der Waals surface area contributed by atoms with Crippen molar-refractivity contribution >= 4 is 23.3 Å². The summed E-state index contributed by atoms with van der Waals surface area (Å²) < 4.78 is 0. The van der Waals surface area contributed by atoms with Crippen molar-refractivity contribution in [1.82, 2.24) is 0 Å². The first-order valence-electron chi connectivity index (χ1n) is 22.1. The van der Waals surface area contributed by atoms with Crippen LogP contribution < -0.4 is 0 Å². The Labute approximate surface area is 373 Å². The maximum absolute atomic E-state index is 2.36. The van der Waals surface area contributed by atoms with Gasteiger partial charge in [-0.05, 0) is 129 Å². The number of hydrogen-bond donors (Lipinski definition) is 0. The Bertz CT molecular complexity index is 2960. The third-order valence-corrected chi connectivity index (χ3v) is 12.9. The summed E-state index contributed by atoms with van der Waals surface area (Å²) in [5, 5.41) is 0. The van der Waals surface area contributed by atoms with Gasteiger partial charge in [-0.1, -0.05) is 241 Å². The van der Waals surface area contributed by atoms with Gasteiger partial charge in [0, 0.05) is 0 Å². The van der Waals surface area contributed by atoms with Gasteiger partial charge in [-0.3, -0.25) is 0 Å². The highest BCUT2D eigenvalue weighted by molar-refractivity contribution is 5.93. The Morgan fingerprint density at radius 3 is 0.937 bits per heavy atom. The fourth-order valence-electron chi connectivity index (χ4n) is 9.47. The molecule has 63 heavy (non-hydrogen) atoms. The Kier molecular flexibility index (Phi) is 10.5. The summed E-state index contributed by atoms with van der Waals surface area (Å²) in [7, 11) is 0. The summed E-state index contributed by atoms with van der Waals surface area (Å²) in [6.07, 6.45) is 4.65. The lowest BCUT2D eigenvalue weighted by molar-refractivity contribution is 0.768. The van der Waals surface area contributed by atoms with Crippen LogP contribution in [0.15, 0.2) is 218 Å². The number of benzene rings is 9. The van der Waals surface area contributed by atoms with Crippen LogP contribution in [0.3, 0.4) is 0 Å². The van der Waals surface area contributed by atoms with Crippen molar-refractivity contribution in [2.24, 2.45) is 0 Å². The summed E-state index contributed by atoms with van der Waals surface area (Å²) in [6, 6.07) is 81.1. The van der Waals surface area contributed by atoms with Gasteiger partial charge in [0.1, 0.15) is 0 Å². The average molecular weight is 807 g/mol. The van der Waals surface area contributed by atoms with Crippen molar-refractivity contribution in [3.8, 4) is 22.3 Å². The molecule has 9 aromatic rings. The summed E-state index contributed by atoms with van der Waals surface area (Å²) in [6.45, 7) is 8.57. The zero-order valence-electron chi connectivity index (χ0n) is 36.4. The van der Waals surface area contributed by atoms with Crippen molar-refractivity contribution in [2.45, 2.75) is 33.1 Å². The monoisotopic (exact) mass is 806 g/mol. The lowest BCUT2D eigenvalue weighted by Crippen LogP contribution is -2.28. The van der Waals surface area contributed by atoms with Gasteiger partial charge >= 0.3 is 0 Å². The smallest absolute Gasteiger partial charge is 0.0619 e. The van der Waals surface area contributed by atoms with Crippen LogP contribution in [0.1, 0.15) is 77.9 Å². The van der Waals surface area contributed by atoms with E-state index in [9.17, 15) is 0 Å². The second-order valence-corrected chi connectivity index (χ2v) is 17.2. The van der Waals surface area contributed by atoms with Crippen LogP contribution in [-0.4, -0.2) is 0 Å². The zero-order valence-corrected chi connectivity index (χ0v) is 36.4. The highest BCUT2D eigenvalue weighted by atomic mass is 14.5. The molecular weight excluding hydrogens is 757 g/mol. The molecule has 0 aromatic heterocycles. The van der Waals surface area contributed by atoms with Crippen molar-refractivity contribution in [3.05, 3.63) is 296 Å². The Hall–Kier alpha value is -7.54. The predicted molar refractivity (Wildman–Crippen MR) is 268 cm³/mol. The van der Waals surface area contributed by atoms with Gasteiger partial charge in [0.25, 0.3) is 0 Å². The van der Waals surface area contributed by atoms with E-state index in [1.165, 1.54) is 111 Å². The fraction of sp³-hybridized carbons (Fsp3) is 0.0794. The van der Waals surface area contributed by atoms with Gasteiger partial charge < -0.3 is 0 Å². The molecule has 1 aliphatic rings. The van der Waals surface area contributed by atoms with Gasteiger partial charge in [0.05, 0.1) is 5.41 Å². The summed E-state index contributed by atoms with van der Waals surface area (Å²) in [4.78, 5) is 0. The SMILES string of the molecule is Cc1ccc(C(=Cc2ccc(-c3ccc(C4(c5ccc(C=C(c6ccc(C)cc6)c6ccc(C)cc6)cc5)c5ccccc5-c5ccccc54)cc3)cc2)c2ccc(C)cc2)cc1. The topological polar surface area (TPSA) is 0 Å². The molecule has 0 bridgehead atoms. The van der Waals surface area contributed by atoms with Gasteiger partial charge in [0.2, 0.25) is 0 Å². The first-order chi connectivity index (χ1) is 30.8. The molecule has 0 atom stereocenters. The number of aryl methyl sites for hydroxylation is 4. The van der Waals surface area contributed by atoms with E-state index in [0.717, 1.165) is 0 Å². The molecule has 0 radical (unpaired) electrons. The first-order valence-corrected chi connectivity index (χ1v) is 22.1. The number of rotatable bonds is 9. The second-order valence-electron chi connectivity index (χ2n) is 17.2. The third-order valence-electron chi connectivity index (χ3n) is 12.9. The van der Waals surface area contributed by atoms with Crippen molar-refractivity contribution in [3.63, 3.8) is 0 Å². The minimum Gasteiger partial charge on any atom is -0.0619 e. The van der Waals surface area contributed by atoms with Crippen LogP contribution in [0.4, 0.5) is 0 Å². The molecule has 0 heterocycles. The maximum atomic E-state index is 2.36. The number of fused-ring (bicyclic) bond motifs is 3. The molecule has 0 fully saturated rings. The largest absolute Gasteiger partial charge is 0.0713 e. The minimum absolute atomic E-state index is 0.484. The summed E-state index contributed by atoms with van der Waals surface area (Å²) in [5.41, 5.74) is 24.3. The van der Waals surface area contributed by atoms with E-state index in [4.69, 9.17) is 0 Å². The molecule has 302 valence electrons. The van der Waals surface area contributed by atoms with Crippen LogP contribution in [0.5, 0.6) is 0 Å². The predicted octanol–water partition coefficient (Wildman–Crippen LogP) is 16.1. The van der Waals surface area contributed by atoms with Gasteiger partial charge in [-0.25, -0.2) is 0 Å². The minimum atomic E-state index is -0.484. The van der Waals surface area contributed by atoms with Crippen LogP contribution >= 0.6 is 0 Å². The molecule has 0 heteroatoms. The molecule has 0 saturated carbocycles. The van der Waals surface area contributed by atoms with E-state index in [-0.39, 0.29) is 0 Å². The normalized spacial score (nSPS) is 12.3. The van der Waals surface area contributed by atoms with Crippen molar-refractivity contribution in [2.75, 3.05) is 0 Å². The fourth-order valence-corrected chi connectivity index (χ4v) is 9.47. The van der Waals surface area contributed by atoms with E-state index < -0.39 is 5.41 Å². The van der Waals surface area contributed by atoms with Gasteiger partial charge in [-0.2, -0.15) is 0 Å². The highest BCUT2D eigenvalue weighted by Crippen LogP contribution is 2.56. The van der Waals surface area contributed by atoms with Gasteiger partial charge in [0.15, 0.2) is 0 Å². The summed E-state index contributed by atoms with van der Waals surface area (Å²) >= 11 is 0. The lowest BCUT2D eigenvalue weighted by atomic mass is 9.67. The summed E-state index contributed by atoms with van der Waals surface area (Å²) in [5.74, 6) is 0. The Morgan fingerprint density at radius 2 is 0.587 bits per heavy atom. The maximum Gasteiger partial charge on any atom is 0.0713 e. The van der Waals surface area contributed by atoms with E-state index in [1.54, 1.807) is 0 Å². The molecule has 9 aromatic carbocycles. The number of hydrogen-bond acceptors (Lipinski definition) is 0. The van der Waals surface area contributed by atoms with Crippen LogP contribution in [0.25, 0.3) is 45.6 Å². The standard InChI is InChI=1S/C63H50/c1-43-13-25-51(26-14-43)59(52-27-15-44(2)16-28-52)41-47-21-33-49(34-22-47)50-35-39-56(40-36-50)63(61-11-7-5-9-57(61)58-10-6-8-12-62(58)63)55-37-23-48(24-38-55)42-60(53-29-17-45(3)18-30-53)54-31-19-46(4)20-32-54/h5-42H,1-4H3. The average Bonchev–Trinajstić information content (AvgIpc) is 3.63. The molecule has 0 nitrogen and oxygen atoms in total. The van der Waals surface area contributed by atoms with Crippen LogP contribution in [0, 0.1) is 27.7 Å². The third kappa shape index (κ3) is 7.60. The molecule has 0 amide bonds. The van der Waals surface area contributed by atoms with Crippen LogP contribution in [-0.2, 0) is 5.41 Å². The first kappa shape index (κ1) is 39.6. The zero-order chi connectivity index (χ0) is 42.9. The van der Waals surface area contributed by atoms with E-state index in [0.29, 0.717) is 0 Å². The quantitative estimate of drug-likeness (QED) is 0.127. The van der Waals surface area contributed by atoms with E-state index >= 15 is 0 Å². The molecule has 0 aliphatic heterocycles. The molecular formula is C63H50. The highest BCUT2D eigenvalue weighted by Gasteiger charge is 2.45. The van der Waals surface area contributed by atoms with Crippen LogP contribution in [0.2, 0.25) is 0 Å². The second kappa shape index (κ2) is 16.7. The molecule has 0 saturated heterocycles. The van der Waals surface area contributed by atoms with E-state index in [1.807, 2.05) is 0 Å². The van der Waals surface area contributed by atoms with E-state index in [2.05, 4.69) is 258 Å². The molecule has 1 aliphatic carbocycles. The lowest BCUT2D eigenvalue weighted by Gasteiger charge is -2.34.